The number of nitrogens with zero attached hydrogens (tertiary/aromatic N) is 1. The molecule has 0 aromatic heterocycles. The molecule has 0 radical (unpaired) electrons. The van der Waals surface area contributed by atoms with Crippen LogP contribution in [0.2, 0.25) is 0 Å². The van der Waals surface area contributed by atoms with Gasteiger partial charge in [-0.3, -0.25) is 4.79 Å². The maximum atomic E-state index is 11.6. The molecule has 5 heteroatoms. The Labute approximate surface area is 90.0 Å². The highest BCUT2D eigenvalue weighted by atomic mass is 16.2. The Morgan fingerprint density at radius 2 is 2.20 bits per heavy atom. The summed E-state index contributed by atoms with van der Waals surface area (Å²) in [5.41, 5.74) is 4.75. The van der Waals surface area contributed by atoms with Crippen molar-refractivity contribution in [3.05, 3.63) is 0 Å². The molecular weight excluding hydrogens is 194 g/mol. The molecule has 0 saturated carbocycles. The molecule has 1 unspecified atom stereocenters. The molecule has 0 aromatic carbocycles. The number of urea groups is 1. The molecule has 1 atom stereocenters. The zero-order chi connectivity index (χ0) is 11.5. The van der Waals surface area contributed by atoms with Crippen molar-refractivity contribution in [1.82, 2.24) is 10.2 Å². The third kappa shape index (κ3) is 2.61. The van der Waals surface area contributed by atoms with Crippen molar-refractivity contribution >= 4 is 11.9 Å². The van der Waals surface area contributed by atoms with E-state index < -0.39 is 5.41 Å². The summed E-state index contributed by atoms with van der Waals surface area (Å²) in [6, 6.07) is -0.0955. The minimum atomic E-state index is -0.552. The van der Waals surface area contributed by atoms with Gasteiger partial charge in [0.05, 0.1) is 5.41 Å². The van der Waals surface area contributed by atoms with Gasteiger partial charge in [-0.25, -0.2) is 4.79 Å². The molecule has 0 spiro atoms. The van der Waals surface area contributed by atoms with Crippen molar-refractivity contribution in [2.75, 3.05) is 19.6 Å². The Morgan fingerprint density at radius 1 is 1.53 bits per heavy atom. The van der Waals surface area contributed by atoms with Crippen molar-refractivity contribution in [3.8, 4) is 0 Å². The van der Waals surface area contributed by atoms with Crippen molar-refractivity contribution in [2.24, 2.45) is 11.1 Å². The highest BCUT2D eigenvalue weighted by molar-refractivity contribution is 5.83. The van der Waals surface area contributed by atoms with E-state index in [0.29, 0.717) is 26.1 Å². The van der Waals surface area contributed by atoms with Crippen molar-refractivity contribution in [3.63, 3.8) is 0 Å². The molecule has 1 aliphatic heterocycles. The fraction of sp³-hybridized carbons (Fsp3) is 0.800. The molecule has 1 fully saturated rings. The predicted octanol–water partition coefficient (Wildman–Crippen LogP) is 0.303. The van der Waals surface area contributed by atoms with Gasteiger partial charge in [-0.15, -0.1) is 0 Å². The van der Waals surface area contributed by atoms with Crippen LogP contribution in [-0.2, 0) is 4.79 Å². The summed E-state index contributed by atoms with van der Waals surface area (Å²) in [4.78, 5) is 24.4. The first kappa shape index (κ1) is 11.8. The summed E-state index contributed by atoms with van der Waals surface area (Å²) in [6.07, 6.45) is 1.56. The van der Waals surface area contributed by atoms with Gasteiger partial charge >= 0.3 is 6.03 Å². The number of carbonyl (C=O) groups is 2. The highest BCUT2D eigenvalue weighted by Crippen LogP contribution is 2.29. The van der Waals surface area contributed by atoms with E-state index in [1.54, 1.807) is 4.90 Å². The van der Waals surface area contributed by atoms with Crippen molar-refractivity contribution < 1.29 is 9.59 Å². The van der Waals surface area contributed by atoms with Gasteiger partial charge in [-0.1, -0.05) is 6.92 Å². The van der Waals surface area contributed by atoms with Crippen molar-refractivity contribution in [2.45, 2.75) is 26.7 Å². The van der Waals surface area contributed by atoms with Gasteiger partial charge in [-0.2, -0.15) is 0 Å². The van der Waals surface area contributed by atoms with E-state index in [2.05, 4.69) is 5.32 Å². The molecule has 1 aliphatic rings. The maximum Gasteiger partial charge on any atom is 0.317 e. The van der Waals surface area contributed by atoms with Gasteiger partial charge in [0.1, 0.15) is 0 Å². The summed E-state index contributed by atoms with van der Waals surface area (Å²) in [6.45, 7) is 5.51. The summed E-state index contributed by atoms with van der Waals surface area (Å²) in [7, 11) is 0. The van der Waals surface area contributed by atoms with Crippen LogP contribution < -0.4 is 11.1 Å². The Kier molecular flexibility index (Phi) is 3.55. The summed E-state index contributed by atoms with van der Waals surface area (Å²) in [5, 5.41) is 2.79. The molecule has 3 N–H and O–H groups in total. The molecule has 1 rings (SSSR count). The van der Waals surface area contributed by atoms with Crippen LogP contribution in [0.3, 0.4) is 0 Å². The van der Waals surface area contributed by atoms with Crippen LogP contribution in [0.4, 0.5) is 4.79 Å². The number of nitrogens with one attached hydrogen (secondary N) is 1. The monoisotopic (exact) mass is 213 g/mol. The number of nitrogens with two attached hydrogens (primary N) is 1. The molecule has 5 nitrogen and oxygen atoms in total. The van der Waals surface area contributed by atoms with Crippen molar-refractivity contribution in [1.29, 1.82) is 0 Å². The fourth-order valence-electron chi connectivity index (χ4n) is 1.68. The highest BCUT2D eigenvalue weighted by Gasteiger charge is 2.40. The maximum absolute atomic E-state index is 11.6. The lowest BCUT2D eigenvalue weighted by molar-refractivity contribution is -0.126. The second-order valence-corrected chi connectivity index (χ2v) is 4.33. The first-order chi connectivity index (χ1) is 6.99. The Hall–Kier alpha value is -1.26. The van der Waals surface area contributed by atoms with E-state index in [0.717, 1.165) is 6.42 Å². The average molecular weight is 213 g/mol. The van der Waals surface area contributed by atoms with E-state index in [-0.39, 0.29) is 11.9 Å². The van der Waals surface area contributed by atoms with E-state index >= 15 is 0 Å². The van der Waals surface area contributed by atoms with Crippen LogP contribution in [0, 0.1) is 5.41 Å². The molecule has 0 bridgehead atoms. The summed E-state index contributed by atoms with van der Waals surface area (Å²) < 4.78 is 0. The Morgan fingerprint density at radius 3 is 2.67 bits per heavy atom. The number of rotatable bonds is 3. The predicted molar refractivity (Wildman–Crippen MR) is 57.2 cm³/mol. The Balaban J connectivity index is 2.49. The lowest BCUT2D eigenvalue weighted by Crippen LogP contribution is -2.42. The molecule has 1 saturated heterocycles. The van der Waals surface area contributed by atoms with Crippen LogP contribution in [0.5, 0.6) is 0 Å². The molecule has 0 aromatic rings. The fourth-order valence-corrected chi connectivity index (χ4v) is 1.68. The van der Waals surface area contributed by atoms with Gasteiger partial charge in [0.2, 0.25) is 5.91 Å². The van der Waals surface area contributed by atoms with Gasteiger partial charge in [0.15, 0.2) is 0 Å². The van der Waals surface area contributed by atoms with Crippen LogP contribution >= 0.6 is 0 Å². The topological polar surface area (TPSA) is 75.4 Å². The summed E-state index contributed by atoms with van der Waals surface area (Å²) >= 11 is 0. The lowest BCUT2D eigenvalue weighted by atomic mass is 9.89. The Bertz CT molecular complexity index is 267. The van der Waals surface area contributed by atoms with Gasteiger partial charge in [-0.05, 0) is 19.8 Å². The summed E-state index contributed by atoms with van der Waals surface area (Å²) in [5.74, 6) is -0.326. The second kappa shape index (κ2) is 4.51. The molecule has 15 heavy (non-hydrogen) atoms. The molecular formula is C10H19N3O2. The van der Waals surface area contributed by atoms with Gasteiger partial charge < -0.3 is 16.0 Å². The van der Waals surface area contributed by atoms with Gasteiger partial charge in [0, 0.05) is 19.6 Å². The SMILES string of the molecule is CCCNC(=O)N1CCC(C)(C(N)=O)C1. The standard InChI is InChI=1S/C10H19N3O2/c1-3-5-12-9(15)13-6-4-10(2,7-13)8(11)14/h3-7H2,1-2H3,(H2,11,14)(H,12,15). The number of hydrogen-bond donors (Lipinski definition) is 2. The minimum absolute atomic E-state index is 0.0955. The van der Waals surface area contributed by atoms with Crippen LogP contribution in [0.1, 0.15) is 26.7 Å². The first-order valence-electron chi connectivity index (χ1n) is 5.32. The van der Waals surface area contributed by atoms with Crippen LogP contribution in [-0.4, -0.2) is 36.5 Å². The third-order valence-electron chi connectivity index (χ3n) is 2.88. The average Bonchev–Trinajstić information content (AvgIpc) is 2.59. The molecule has 3 amide bonds. The number of hydrogen-bond acceptors (Lipinski definition) is 2. The number of likely N-dealkylation sites (tertiary alicyclic amines) is 1. The minimum Gasteiger partial charge on any atom is -0.369 e. The normalized spacial score (nSPS) is 25.3. The van der Waals surface area contributed by atoms with Crippen LogP contribution in [0.25, 0.3) is 0 Å². The second-order valence-electron chi connectivity index (χ2n) is 4.33. The zero-order valence-electron chi connectivity index (χ0n) is 9.38. The smallest absolute Gasteiger partial charge is 0.317 e. The van der Waals surface area contributed by atoms with E-state index in [9.17, 15) is 9.59 Å². The molecule has 86 valence electrons. The number of primary amides is 1. The largest absolute Gasteiger partial charge is 0.369 e. The lowest BCUT2D eigenvalue weighted by Gasteiger charge is -2.21. The van der Waals surface area contributed by atoms with Gasteiger partial charge in [0.25, 0.3) is 0 Å². The van der Waals surface area contributed by atoms with E-state index in [1.807, 2.05) is 13.8 Å². The quantitative estimate of drug-likeness (QED) is 0.707. The number of amides is 3. The molecule has 1 heterocycles. The third-order valence-corrected chi connectivity index (χ3v) is 2.88. The zero-order valence-corrected chi connectivity index (χ0v) is 9.38. The first-order valence-corrected chi connectivity index (χ1v) is 5.32. The van der Waals surface area contributed by atoms with E-state index in [4.69, 9.17) is 5.73 Å². The number of carbonyl (C=O) groups excluding carboxylic acids is 2. The van der Waals surface area contributed by atoms with Crippen LogP contribution in [0.15, 0.2) is 0 Å². The molecule has 0 aliphatic carbocycles. The van der Waals surface area contributed by atoms with E-state index in [1.165, 1.54) is 0 Å².